The normalized spacial score (nSPS) is 16.8. The van der Waals surface area contributed by atoms with Crippen molar-refractivity contribution in [2.75, 3.05) is 39.5 Å². The van der Waals surface area contributed by atoms with Gasteiger partial charge < -0.3 is 9.64 Å². The quantitative estimate of drug-likeness (QED) is 0.796. The number of methoxy groups -OCH3 is 1. The Labute approximate surface area is 150 Å². The van der Waals surface area contributed by atoms with Crippen LogP contribution in [0.4, 0.5) is 0 Å². The summed E-state index contributed by atoms with van der Waals surface area (Å²) in [5.74, 6) is 1.13. The van der Waals surface area contributed by atoms with Crippen LogP contribution in [0.25, 0.3) is 0 Å². The number of rotatable bonds is 5. The molecule has 1 aliphatic rings. The number of amides is 1. The standard InChI is InChI=1S/C18H28N2O4S/c1-14(2)15-6-7-16(17(12-15)24-3)13-18(21)19-8-5-9-20(11-10-19)25(4,22)23/h6-7,12,14H,5,8-11,13H2,1-4H3. The highest BCUT2D eigenvalue weighted by molar-refractivity contribution is 7.88. The number of hydrogen-bond acceptors (Lipinski definition) is 4. The zero-order valence-corrected chi connectivity index (χ0v) is 16.3. The number of carbonyl (C=O) groups is 1. The zero-order valence-electron chi connectivity index (χ0n) is 15.5. The lowest BCUT2D eigenvalue weighted by Gasteiger charge is -2.22. The molecule has 0 saturated carbocycles. The van der Waals surface area contributed by atoms with Crippen LogP contribution in [0, 0.1) is 0 Å². The van der Waals surface area contributed by atoms with Crippen LogP contribution in [0.3, 0.4) is 0 Å². The van der Waals surface area contributed by atoms with Gasteiger partial charge in [-0.25, -0.2) is 12.7 Å². The first-order valence-corrected chi connectivity index (χ1v) is 10.5. The number of benzene rings is 1. The predicted molar refractivity (Wildman–Crippen MR) is 98.4 cm³/mol. The van der Waals surface area contributed by atoms with Crippen molar-refractivity contribution < 1.29 is 17.9 Å². The second-order valence-corrected chi connectivity index (χ2v) is 8.78. The number of ether oxygens (including phenoxy) is 1. The second-order valence-electron chi connectivity index (χ2n) is 6.80. The Kier molecular flexibility index (Phi) is 6.46. The van der Waals surface area contributed by atoms with E-state index in [0.717, 1.165) is 11.3 Å². The van der Waals surface area contributed by atoms with Gasteiger partial charge in [-0.1, -0.05) is 26.0 Å². The van der Waals surface area contributed by atoms with Crippen molar-refractivity contribution in [3.8, 4) is 5.75 Å². The third-order valence-corrected chi connectivity index (χ3v) is 5.90. The van der Waals surface area contributed by atoms with Crippen LogP contribution in [0.5, 0.6) is 5.75 Å². The lowest BCUT2D eigenvalue weighted by atomic mass is 9.99. The van der Waals surface area contributed by atoms with Gasteiger partial charge in [-0.15, -0.1) is 0 Å². The molecule has 0 aliphatic carbocycles. The molecule has 1 aliphatic heterocycles. The Bertz CT molecular complexity index is 716. The van der Waals surface area contributed by atoms with Gasteiger partial charge in [0.05, 0.1) is 19.8 Å². The fourth-order valence-corrected chi connectivity index (χ4v) is 3.89. The first kappa shape index (κ1) is 19.7. The van der Waals surface area contributed by atoms with Crippen molar-refractivity contribution in [1.82, 2.24) is 9.21 Å². The fourth-order valence-electron chi connectivity index (χ4n) is 3.02. The largest absolute Gasteiger partial charge is 0.496 e. The molecule has 7 heteroatoms. The second kappa shape index (κ2) is 8.19. The molecule has 1 aromatic carbocycles. The molecule has 0 bridgehead atoms. The topological polar surface area (TPSA) is 66.9 Å². The first-order valence-electron chi connectivity index (χ1n) is 8.62. The molecule has 1 amide bonds. The minimum Gasteiger partial charge on any atom is -0.496 e. The van der Waals surface area contributed by atoms with Crippen LogP contribution in [0.15, 0.2) is 18.2 Å². The van der Waals surface area contributed by atoms with E-state index in [9.17, 15) is 13.2 Å². The van der Waals surface area contributed by atoms with E-state index >= 15 is 0 Å². The molecule has 0 unspecified atom stereocenters. The third kappa shape index (κ3) is 5.19. The summed E-state index contributed by atoms with van der Waals surface area (Å²) in [7, 11) is -1.59. The molecule has 0 N–H and O–H groups in total. The highest BCUT2D eigenvalue weighted by atomic mass is 32.2. The van der Waals surface area contributed by atoms with Gasteiger partial charge in [0, 0.05) is 31.7 Å². The van der Waals surface area contributed by atoms with E-state index < -0.39 is 10.0 Å². The van der Waals surface area contributed by atoms with Crippen LogP contribution in [0.1, 0.15) is 37.3 Å². The molecule has 25 heavy (non-hydrogen) atoms. The zero-order chi connectivity index (χ0) is 18.6. The molecule has 1 saturated heterocycles. The third-order valence-electron chi connectivity index (χ3n) is 4.60. The van der Waals surface area contributed by atoms with Crippen LogP contribution in [0.2, 0.25) is 0 Å². The van der Waals surface area contributed by atoms with Crippen molar-refractivity contribution in [3.63, 3.8) is 0 Å². The van der Waals surface area contributed by atoms with E-state index in [0.29, 0.717) is 38.5 Å². The summed E-state index contributed by atoms with van der Waals surface area (Å²) in [4.78, 5) is 14.4. The first-order chi connectivity index (χ1) is 11.7. The maximum Gasteiger partial charge on any atom is 0.227 e. The van der Waals surface area contributed by atoms with E-state index in [1.165, 1.54) is 16.1 Å². The average Bonchev–Trinajstić information content (AvgIpc) is 2.80. The SMILES string of the molecule is COc1cc(C(C)C)ccc1CC(=O)N1CCCN(S(C)(=O)=O)CC1. The summed E-state index contributed by atoms with van der Waals surface area (Å²) in [6.07, 6.45) is 2.13. The number of sulfonamides is 1. The summed E-state index contributed by atoms with van der Waals surface area (Å²) < 4.78 is 30.3. The van der Waals surface area contributed by atoms with E-state index in [-0.39, 0.29) is 12.3 Å². The van der Waals surface area contributed by atoms with Gasteiger partial charge in [-0.2, -0.15) is 0 Å². The van der Waals surface area contributed by atoms with Crippen molar-refractivity contribution in [2.45, 2.75) is 32.6 Å². The van der Waals surface area contributed by atoms with Crippen LogP contribution in [-0.2, 0) is 21.2 Å². The van der Waals surface area contributed by atoms with Crippen molar-refractivity contribution in [2.24, 2.45) is 0 Å². The van der Waals surface area contributed by atoms with E-state index in [4.69, 9.17) is 4.74 Å². The lowest BCUT2D eigenvalue weighted by molar-refractivity contribution is -0.130. The predicted octanol–water partition coefficient (Wildman–Crippen LogP) is 1.85. The molecule has 0 radical (unpaired) electrons. The Morgan fingerprint density at radius 1 is 1.20 bits per heavy atom. The molecule has 6 nitrogen and oxygen atoms in total. The summed E-state index contributed by atoms with van der Waals surface area (Å²) in [6, 6.07) is 5.97. The van der Waals surface area contributed by atoms with Crippen LogP contribution >= 0.6 is 0 Å². The van der Waals surface area contributed by atoms with Gasteiger partial charge in [0.2, 0.25) is 15.9 Å². The molecular weight excluding hydrogens is 340 g/mol. The molecule has 0 atom stereocenters. The molecule has 1 aromatic rings. The Morgan fingerprint density at radius 3 is 2.52 bits per heavy atom. The fraction of sp³-hybridized carbons (Fsp3) is 0.611. The molecule has 0 aromatic heterocycles. The minimum absolute atomic E-state index is 0.00551. The van der Waals surface area contributed by atoms with Gasteiger partial charge in [0.1, 0.15) is 5.75 Å². The van der Waals surface area contributed by atoms with Crippen molar-refractivity contribution in [1.29, 1.82) is 0 Å². The van der Waals surface area contributed by atoms with E-state index in [1.54, 1.807) is 12.0 Å². The molecular formula is C18H28N2O4S. The van der Waals surface area contributed by atoms with Gasteiger partial charge in [-0.3, -0.25) is 4.79 Å². The van der Waals surface area contributed by atoms with Crippen LogP contribution < -0.4 is 4.74 Å². The summed E-state index contributed by atoms with van der Waals surface area (Å²) in [6.45, 7) is 6.06. The Morgan fingerprint density at radius 2 is 1.92 bits per heavy atom. The summed E-state index contributed by atoms with van der Waals surface area (Å²) in [5, 5.41) is 0. The molecule has 0 spiro atoms. The van der Waals surface area contributed by atoms with Gasteiger partial charge in [0.15, 0.2) is 0 Å². The molecule has 140 valence electrons. The molecule has 1 heterocycles. The Hall–Kier alpha value is -1.60. The van der Waals surface area contributed by atoms with Crippen molar-refractivity contribution in [3.05, 3.63) is 29.3 Å². The van der Waals surface area contributed by atoms with Gasteiger partial charge in [0.25, 0.3) is 0 Å². The summed E-state index contributed by atoms with van der Waals surface area (Å²) in [5.41, 5.74) is 2.03. The van der Waals surface area contributed by atoms with Crippen LogP contribution in [-0.4, -0.2) is 63.1 Å². The number of hydrogen-bond donors (Lipinski definition) is 0. The number of carbonyl (C=O) groups excluding carboxylic acids is 1. The van der Waals surface area contributed by atoms with Gasteiger partial charge in [-0.05, 0) is 24.0 Å². The van der Waals surface area contributed by atoms with E-state index in [2.05, 4.69) is 13.8 Å². The summed E-state index contributed by atoms with van der Waals surface area (Å²) >= 11 is 0. The molecule has 1 fully saturated rings. The minimum atomic E-state index is -3.21. The maximum absolute atomic E-state index is 12.7. The van der Waals surface area contributed by atoms with E-state index in [1.807, 2.05) is 18.2 Å². The highest BCUT2D eigenvalue weighted by Crippen LogP contribution is 2.25. The number of nitrogens with zero attached hydrogens (tertiary/aromatic N) is 2. The van der Waals surface area contributed by atoms with Crippen molar-refractivity contribution >= 4 is 15.9 Å². The molecule has 2 rings (SSSR count). The smallest absolute Gasteiger partial charge is 0.227 e. The maximum atomic E-state index is 12.7. The Balaban J connectivity index is 2.07. The average molecular weight is 368 g/mol. The van der Waals surface area contributed by atoms with Gasteiger partial charge >= 0.3 is 0 Å². The monoisotopic (exact) mass is 368 g/mol. The highest BCUT2D eigenvalue weighted by Gasteiger charge is 2.24. The lowest BCUT2D eigenvalue weighted by Crippen LogP contribution is -2.37.